The fourth-order valence-corrected chi connectivity index (χ4v) is 3.78. The topological polar surface area (TPSA) is 20.3 Å². The lowest BCUT2D eigenvalue weighted by Crippen LogP contribution is -2.39. The minimum Gasteiger partial charge on any atom is -0.342 e. The van der Waals surface area contributed by atoms with E-state index in [1.165, 1.54) is 35.2 Å². The summed E-state index contributed by atoms with van der Waals surface area (Å²) in [5.41, 5.74) is -1.42. The van der Waals surface area contributed by atoms with Crippen molar-refractivity contribution in [2.24, 2.45) is 0 Å². The van der Waals surface area contributed by atoms with Crippen molar-refractivity contribution in [1.82, 2.24) is 4.90 Å². The number of nitrogens with zero attached hydrogens (tertiary/aromatic N) is 1. The first-order valence-corrected chi connectivity index (χ1v) is 9.16. The Morgan fingerprint density at radius 3 is 1.93 bits per heavy atom. The number of likely N-dealkylation sites (tertiary alicyclic amines) is 1. The Morgan fingerprint density at radius 2 is 1.34 bits per heavy atom. The highest BCUT2D eigenvalue weighted by Crippen LogP contribution is 2.39. The van der Waals surface area contributed by atoms with E-state index in [4.69, 9.17) is 0 Å². The molecule has 1 amide bonds. The number of alkyl halides is 6. The second kappa shape index (κ2) is 8.08. The lowest BCUT2D eigenvalue weighted by molar-refractivity contribution is -0.140. The Hall–Kier alpha value is -2.51. The Morgan fingerprint density at radius 1 is 0.828 bits per heavy atom. The minimum absolute atomic E-state index is 0.102. The van der Waals surface area contributed by atoms with E-state index in [-0.39, 0.29) is 36.6 Å². The van der Waals surface area contributed by atoms with E-state index in [1.807, 2.05) is 0 Å². The van der Waals surface area contributed by atoms with Gasteiger partial charge < -0.3 is 4.90 Å². The van der Waals surface area contributed by atoms with Gasteiger partial charge in [0.15, 0.2) is 0 Å². The van der Waals surface area contributed by atoms with Crippen LogP contribution in [0, 0.1) is 0 Å². The zero-order valence-corrected chi connectivity index (χ0v) is 15.4. The largest absolute Gasteiger partial charge is 0.416 e. The molecule has 2 aromatic carbocycles. The van der Waals surface area contributed by atoms with E-state index in [2.05, 4.69) is 0 Å². The molecule has 29 heavy (non-hydrogen) atoms. The van der Waals surface area contributed by atoms with Crippen molar-refractivity contribution >= 4 is 5.91 Å². The van der Waals surface area contributed by atoms with Crippen LogP contribution in [0.15, 0.2) is 48.5 Å². The number of amides is 1. The number of hydrogen-bond donors (Lipinski definition) is 0. The van der Waals surface area contributed by atoms with Crippen molar-refractivity contribution in [3.05, 3.63) is 70.8 Å². The van der Waals surface area contributed by atoms with Crippen molar-refractivity contribution < 1.29 is 31.1 Å². The fraction of sp³-hybridized carbons (Fsp3) is 0.381. The summed E-state index contributed by atoms with van der Waals surface area (Å²) in [6.45, 7) is 0.424. The SMILES string of the molecule is O=C(Cc1ccccc1C(F)(F)F)N1CCC(c2ccccc2C(F)(F)F)CC1. The first-order valence-electron chi connectivity index (χ1n) is 9.16. The highest BCUT2D eigenvalue weighted by atomic mass is 19.4. The normalized spacial score (nSPS) is 16.1. The van der Waals surface area contributed by atoms with Gasteiger partial charge in [-0.25, -0.2) is 0 Å². The number of piperidine rings is 1. The average molecular weight is 415 g/mol. The van der Waals surface area contributed by atoms with E-state index in [9.17, 15) is 31.1 Å². The number of hydrogen-bond acceptors (Lipinski definition) is 1. The quantitative estimate of drug-likeness (QED) is 0.592. The molecule has 0 aromatic heterocycles. The summed E-state index contributed by atoms with van der Waals surface area (Å²) in [6.07, 6.45) is -8.73. The zero-order valence-electron chi connectivity index (χ0n) is 15.4. The molecule has 0 bridgehead atoms. The maximum Gasteiger partial charge on any atom is 0.416 e. The first-order chi connectivity index (χ1) is 13.6. The molecule has 1 fully saturated rings. The molecule has 0 aliphatic carbocycles. The fourth-order valence-electron chi connectivity index (χ4n) is 3.78. The number of carbonyl (C=O) groups is 1. The van der Waals surface area contributed by atoms with Gasteiger partial charge in [0, 0.05) is 13.1 Å². The minimum atomic E-state index is -4.55. The molecule has 1 saturated heterocycles. The van der Waals surface area contributed by atoms with Crippen molar-refractivity contribution in [1.29, 1.82) is 0 Å². The van der Waals surface area contributed by atoms with Crippen LogP contribution in [0.4, 0.5) is 26.3 Å². The standard InChI is InChI=1S/C21H19F6NO/c22-20(23,24)17-7-3-1-5-15(17)13-19(29)28-11-9-14(10-12-28)16-6-2-4-8-18(16)21(25,26)27/h1-8,14H,9-13H2. The van der Waals surface area contributed by atoms with Crippen molar-refractivity contribution in [3.8, 4) is 0 Å². The summed E-state index contributed by atoms with van der Waals surface area (Å²) in [6, 6.07) is 10.3. The van der Waals surface area contributed by atoms with Gasteiger partial charge in [-0.05, 0) is 42.0 Å². The molecule has 2 aromatic rings. The molecule has 1 heterocycles. The number of carbonyl (C=O) groups excluding carboxylic acids is 1. The van der Waals surface area contributed by atoms with Crippen LogP contribution in [0.5, 0.6) is 0 Å². The summed E-state index contributed by atoms with van der Waals surface area (Å²) >= 11 is 0. The molecular weight excluding hydrogens is 396 g/mol. The molecule has 0 unspecified atom stereocenters. The predicted octanol–water partition coefficient (Wildman–Crippen LogP) is 5.67. The van der Waals surface area contributed by atoms with Gasteiger partial charge in [-0.3, -0.25) is 4.79 Å². The van der Waals surface area contributed by atoms with Crippen LogP contribution < -0.4 is 0 Å². The maximum absolute atomic E-state index is 13.2. The van der Waals surface area contributed by atoms with Gasteiger partial charge in [0.2, 0.25) is 5.91 Å². The van der Waals surface area contributed by atoms with Crippen molar-refractivity contribution in [3.63, 3.8) is 0 Å². The Labute approximate surface area is 164 Å². The summed E-state index contributed by atoms with van der Waals surface area (Å²) in [5.74, 6) is -0.802. The van der Waals surface area contributed by atoms with Crippen molar-refractivity contribution in [2.75, 3.05) is 13.1 Å². The maximum atomic E-state index is 13.2. The molecule has 8 heteroatoms. The van der Waals surface area contributed by atoms with Crippen LogP contribution >= 0.6 is 0 Å². The number of halogens is 6. The molecule has 0 saturated carbocycles. The van der Waals surface area contributed by atoms with Gasteiger partial charge >= 0.3 is 12.4 Å². The Balaban J connectivity index is 1.68. The van der Waals surface area contributed by atoms with E-state index in [1.54, 1.807) is 6.07 Å². The van der Waals surface area contributed by atoms with Crippen LogP contribution in [0.1, 0.15) is 41.0 Å². The molecule has 0 atom stereocenters. The Kier molecular flexibility index (Phi) is 5.91. The number of benzene rings is 2. The Bertz CT molecular complexity index is 866. The molecule has 3 rings (SSSR count). The van der Waals surface area contributed by atoms with Crippen LogP contribution in [0.3, 0.4) is 0 Å². The molecule has 0 N–H and O–H groups in total. The smallest absolute Gasteiger partial charge is 0.342 e. The second-order valence-corrected chi connectivity index (χ2v) is 7.07. The third-order valence-corrected chi connectivity index (χ3v) is 5.22. The third kappa shape index (κ3) is 4.92. The highest BCUT2D eigenvalue weighted by molar-refractivity contribution is 5.79. The monoisotopic (exact) mass is 415 g/mol. The molecule has 1 aliphatic rings. The molecule has 156 valence electrons. The predicted molar refractivity (Wildman–Crippen MR) is 95.1 cm³/mol. The zero-order chi connectivity index (χ0) is 21.2. The van der Waals surface area contributed by atoms with Gasteiger partial charge in [0.25, 0.3) is 0 Å². The van der Waals surface area contributed by atoms with E-state index in [0.29, 0.717) is 12.8 Å². The first kappa shape index (κ1) is 21.2. The van der Waals surface area contributed by atoms with Crippen LogP contribution in [0.2, 0.25) is 0 Å². The lowest BCUT2D eigenvalue weighted by Gasteiger charge is -2.33. The van der Waals surface area contributed by atoms with Crippen LogP contribution in [0.25, 0.3) is 0 Å². The molecule has 0 spiro atoms. The summed E-state index contributed by atoms with van der Waals surface area (Å²) in [5, 5.41) is 0. The van der Waals surface area contributed by atoms with E-state index >= 15 is 0 Å². The van der Waals surface area contributed by atoms with Crippen molar-refractivity contribution in [2.45, 2.75) is 37.5 Å². The van der Waals surface area contributed by atoms with Gasteiger partial charge in [-0.1, -0.05) is 36.4 Å². The summed E-state index contributed by atoms with van der Waals surface area (Å²) in [4.78, 5) is 13.9. The molecule has 2 nitrogen and oxygen atoms in total. The van der Waals surface area contributed by atoms with E-state index in [0.717, 1.165) is 12.1 Å². The van der Waals surface area contributed by atoms with Gasteiger partial charge in [-0.15, -0.1) is 0 Å². The van der Waals surface area contributed by atoms with Crippen LogP contribution in [-0.2, 0) is 23.6 Å². The van der Waals surface area contributed by atoms with Gasteiger partial charge in [0.05, 0.1) is 17.5 Å². The van der Waals surface area contributed by atoms with Gasteiger partial charge in [-0.2, -0.15) is 26.3 Å². The molecule has 0 radical (unpaired) electrons. The second-order valence-electron chi connectivity index (χ2n) is 7.07. The highest BCUT2D eigenvalue weighted by Gasteiger charge is 2.37. The van der Waals surface area contributed by atoms with E-state index < -0.39 is 29.4 Å². The molecular formula is C21H19F6NO. The lowest BCUT2D eigenvalue weighted by atomic mass is 9.86. The number of rotatable bonds is 3. The van der Waals surface area contributed by atoms with Crippen LogP contribution in [-0.4, -0.2) is 23.9 Å². The summed E-state index contributed by atoms with van der Waals surface area (Å²) < 4.78 is 79.0. The molecule has 1 aliphatic heterocycles. The third-order valence-electron chi connectivity index (χ3n) is 5.22. The van der Waals surface area contributed by atoms with Gasteiger partial charge in [0.1, 0.15) is 0 Å². The summed E-state index contributed by atoms with van der Waals surface area (Å²) in [7, 11) is 0. The average Bonchev–Trinajstić information content (AvgIpc) is 2.67.